The van der Waals surface area contributed by atoms with E-state index in [4.69, 9.17) is 0 Å². The standard InChI is InChI=1S/C11H9N5S2/c1-12-11-16-15-10(18-11)8-6-14-9(17-8)7-4-2-3-5-13-7/h2-6H,1H3,(H,12,16). The van der Waals surface area contributed by atoms with Crippen molar-refractivity contribution in [3.05, 3.63) is 30.6 Å². The summed E-state index contributed by atoms with van der Waals surface area (Å²) in [5.41, 5.74) is 0.882. The van der Waals surface area contributed by atoms with Crippen LogP contribution in [0.25, 0.3) is 20.6 Å². The maximum absolute atomic E-state index is 4.37. The number of thiazole rings is 1. The molecule has 0 spiro atoms. The van der Waals surface area contributed by atoms with Gasteiger partial charge in [0, 0.05) is 19.4 Å². The lowest BCUT2D eigenvalue weighted by atomic mass is 10.4. The summed E-state index contributed by atoms with van der Waals surface area (Å²) in [6, 6.07) is 5.79. The third kappa shape index (κ3) is 2.09. The molecule has 0 aromatic carbocycles. The van der Waals surface area contributed by atoms with Gasteiger partial charge in [-0.1, -0.05) is 17.4 Å². The number of hydrogen-bond donors (Lipinski definition) is 1. The lowest BCUT2D eigenvalue weighted by Gasteiger charge is -1.91. The Kier molecular flexibility index (Phi) is 2.99. The van der Waals surface area contributed by atoms with Gasteiger partial charge in [0.1, 0.15) is 5.01 Å². The summed E-state index contributed by atoms with van der Waals surface area (Å²) in [4.78, 5) is 9.66. The van der Waals surface area contributed by atoms with Crippen LogP contribution in [-0.4, -0.2) is 27.2 Å². The Bertz CT molecular complexity index is 646. The molecule has 1 N–H and O–H groups in total. The molecule has 0 bridgehead atoms. The predicted octanol–water partition coefficient (Wildman–Crippen LogP) is 2.77. The van der Waals surface area contributed by atoms with E-state index in [1.807, 2.05) is 31.4 Å². The topological polar surface area (TPSA) is 63.6 Å². The van der Waals surface area contributed by atoms with Crippen LogP contribution in [0.15, 0.2) is 30.6 Å². The number of rotatable bonds is 3. The molecular formula is C11H9N5S2. The van der Waals surface area contributed by atoms with Crippen molar-refractivity contribution in [2.24, 2.45) is 0 Å². The number of nitrogens with zero attached hydrogens (tertiary/aromatic N) is 4. The van der Waals surface area contributed by atoms with E-state index >= 15 is 0 Å². The normalized spacial score (nSPS) is 10.5. The minimum absolute atomic E-state index is 0.804. The zero-order chi connectivity index (χ0) is 12.4. The molecule has 0 aliphatic rings. The van der Waals surface area contributed by atoms with Crippen molar-refractivity contribution >= 4 is 27.8 Å². The van der Waals surface area contributed by atoms with Crippen LogP contribution in [0.4, 0.5) is 5.13 Å². The van der Waals surface area contributed by atoms with E-state index in [0.717, 1.165) is 25.7 Å². The third-order valence-corrected chi connectivity index (χ3v) is 4.37. The Morgan fingerprint density at radius 3 is 2.72 bits per heavy atom. The van der Waals surface area contributed by atoms with Crippen LogP contribution in [0.2, 0.25) is 0 Å². The SMILES string of the molecule is CNc1nnc(-c2cnc(-c3ccccn3)s2)s1. The molecular weight excluding hydrogens is 266 g/mol. The van der Waals surface area contributed by atoms with Crippen LogP contribution in [-0.2, 0) is 0 Å². The molecule has 18 heavy (non-hydrogen) atoms. The summed E-state index contributed by atoms with van der Waals surface area (Å²) in [7, 11) is 1.83. The highest BCUT2D eigenvalue weighted by atomic mass is 32.1. The largest absolute Gasteiger partial charge is 0.363 e. The fraction of sp³-hybridized carbons (Fsp3) is 0.0909. The molecule has 0 aliphatic heterocycles. The number of pyridine rings is 1. The van der Waals surface area contributed by atoms with E-state index in [1.165, 1.54) is 11.3 Å². The van der Waals surface area contributed by atoms with E-state index in [1.54, 1.807) is 17.5 Å². The summed E-state index contributed by atoms with van der Waals surface area (Å²) in [5, 5.41) is 13.7. The molecule has 3 rings (SSSR count). The molecule has 0 radical (unpaired) electrons. The van der Waals surface area contributed by atoms with Crippen molar-refractivity contribution in [1.29, 1.82) is 0 Å². The highest BCUT2D eigenvalue weighted by Crippen LogP contribution is 2.33. The molecule has 0 saturated carbocycles. The van der Waals surface area contributed by atoms with Crippen molar-refractivity contribution in [1.82, 2.24) is 20.2 Å². The third-order valence-electron chi connectivity index (χ3n) is 2.24. The Balaban J connectivity index is 1.94. The van der Waals surface area contributed by atoms with Gasteiger partial charge in [0.2, 0.25) is 5.13 Å². The van der Waals surface area contributed by atoms with Crippen LogP contribution in [0.1, 0.15) is 0 Å². The van der Waals surface area contributed by atoms with E-state index in [0.29, 0.717) is 0 Å². The average Bonchev–Trinajstić information content (AvgIpc) is 3.08. The maximum Gasteiger partial charge on any atom is 0.205 e. The van der Waals surface area contributed by atoms with Gasteiger partial charge in [-0.25, -0.2) is 4.98 Å². The average molecular weight is 275 g/mol. The quantitative estimate of drug-likeness (QED) is 0.796. The molecule has 0 atom stereocenters. The van der Waals surface area contributed by atoms with Gasteiger partial charge in [-0.3, -0.25) is 4.98 Å². The molecule has 5 nitrogen and oxygen atoms in total. The molecule has 0 amide bonds. The number of nitrogens with one attached hydrogen (secondary N) is 1. The van der Waals surface area contributed by atoms with Crippen molar-refractivity contribution < 1.29 is 0 Å². The maximum atomic E-state index is 4.37. The van der Waals surface area contributed by atoms with Crippen LogP contribution in [0, 0.1) is 0 Å². The molecule has 0 saturated heterocycles. The Labute approximate surface area is 112 Å². The minimum atomic E-state index is 0.804. The van der Waals surface area contributed by atoms with E-state index in [2.05, 4.69) is 25.5 Å². The van der Waals surface area contributed by atoms with Gasteiger partial charge in [-0.15, -0.1) is 21.5 Å². The number of hydrogen-bond acceptors (Lipinski definition) is 7. The smallest absolute Gasteiger partial charge is 0.205 e. The van der Waals surface area contributed by atoms with Crippen LogP contribution >= 0.6 is 22.7 Å². The summed E-state index contributed by atoms with van der Waals surface area (Å²) in [6.07, 6.45) is 3.58. The first-order valence-electron chi connectivity index (χ1n) is 5.25. The first-order valence-corrected chi connectivity index (χ1v) is 6.89. The highest BCUT2D eigenvalue weighted by Gasteiger charge is 2.11. The lowest BCUT2D eigenvalue weighted by Crippen LogP contribution is -1.84. The molecule has 3 aromatic heterocycles. The van der Waals surface area contributed by atoms with Gasteiger partial charge < -0.3 is 5.32 Å². The van der Waals surface area contributed by atoms with Gasteiger partial charge in [0.25, 0.3) is 0 Å². The zero-order valence-corrected chi connectivity index (χ0v) is 11.1. The fourth-order valence-corrected chi connectivity index (χ4v) is 3.03. The zero-order valence-electron chi connectivity index (χ0n) is 9.49. The Morgan fingerprint density at radius 2 is 2.00 bits per heavy atom. The Hall–Kier alpha value is -1.86. The van der Waals surface area contributed by atoms with Crippen LogP contribution in [0.3, 0.4) is 0 Å². The summed E-state index contributed by atoms with van der Waals surface area (Å²) < 4.78 is 0. The second-order valence-corrected chi connectivity index (χ2v) is 5.42. The lowest BCUT2D eigenvalue weighted by molar-refractivity contribution is 1.09. The first-order chi connectivity index (χ1) is 8.86. The molecule has 90 valence electrons. The van der Waals surface area contributed by atoms with E-state index in [9.17, 15) is 0 Å². The van der Waals surface area contributed by atoms with Crippen molar-refractivity contribution in [2.45, 2.75) is 0 Å². The van der Waals surface area contributed by atoms with Gasteiger partial charge in [0.15, 0.2) is 5.01 Å². The van der Waals surface area contributed by atoms with E-state index < -0.39 is 0 Å². The van der Waals surface area contributed by atoms with Crippen molar-refractivity contribution in [3.8, 4) is 20.6 Å². The van der Waals surface area contributed by atoms with E-state index in [-0.39, 0.29) is 0 Å². The second kappa shape index (κ2) is 4.79. The van der Waals surface area contributed by atoms with Crippen LogP contribution in [0.5, 0.6) is 0 Å². The second-order valence-electron chi connectivity index (χ2n) is 3.41. The number of anilines is 1. The number of aromatic nitrogens is 4. The molecule has 0 unspecified atom stereocenters. The van der Waals surface area contributed by atoms with Gasteiger partial charge in [0.05, 0.1) is 10.6 Å². The van der Waals surface area contributed by atoms with Gasteiger partial charge in [-0.05, 0) is 12.1 Å². The molecule has 7 heteroatoms. The fourth-order valence-electron chi connectivity index (χ4n) is 1.40. The first kappa shape index (κ1) is 11.2. The van der Waals surface area contributed by atoms with Gasteiger partial charge in [-0.2, -0.15) is 0 Å². The minimum Gasteiger partial charge on any atom is -0.363 e. The summed E-state index contributed by atoms with van der Waals surface area (Å²) >= 11 is 3.08. The van der Waals surface area contributed by atoms with Crippen LogP contribution < -0.4 is 5.32 Å². The van der Waals surface area contributed by atoms with Gasteiger partial charge >= 0.3 is 0 Å². The van der Waals surface area contributed by atoms with Crippen molar-refractivity contribution in [3.63, 3.8) is 0 Å². The molecule has 0 fully saturated rings. The monoisotopic (exact) mass is 275 g/mol. The molecule has 3 aromatic rings. The summed E-state index contributed by atoms with van der Waals surface area (Å²) in [5.74, 6) is 0. The molecule has 3 heterocycles. The highest BCUT2D eigenvalue weighted by molar-refractivity contribution is 7.24. The Morgan fingerprint density at radius 1 is 1.06 bits per heavy atom. The predicted molar refractivity (Wildman–Crippen MR) is 73.8 cm³/mol. The molecule has 0 aliphatic carbocycles. The van der Waals surface area contributed by atoms with Crippen molar-refractivity contribution in [2.75, 3.05) is 12.4 Å². The summed E-state index contributed by atoms with van der Waals surface area (Å²) in [6.45, 7) is 0.